The van der Waals surface area contributed by atoms with Gasteiger partial charge in [0.2, 0.25) is 0 Å². The molecule has 0 saturated carbocycles. The Morgan fingerprint density at radius 3 is 2.86 bits per heavy atom. The molecule has 0 spiro atoms. The minimum atomic E-state index is -0.918. The van der Waals surface area contributed by atoms with Gasteiger partial charge >= 0.3 is 11.9 Å². The van der Waals surface area contributed by atoms with Gasteiger partial charge in [0.05, 0.1) is 18.1 Å². The third-order valence-corrected chi connectivity index (χ3v) is 3.31. The molecule has 1 atom stereocenters. The summed E-state index contributed by atoms with van der Waals surface area (Å²) in [6.07, 6.45) is 0.832. The highest BCUT2D eigenvalue weighted by Gasteiger charge is 2.20. The van der Waals surface area contributed by atoms with Crippen LogP contribution in [-0.2, 0) is 25.5 Å². The van der Waals surface area contributed by atoms with Crippen LogP contribution >= 0.6 is 11.6 Å². The Labute approximate surface area is 127 Å². The van der Waals surface area contributed by atoms with Crippen molar-refractivity contribution in [3.05, 3.63) is 35.0 Å². The summed E-state index contributed by atoms with van der Waals surface area (Å²) in [6, 6.07) is 5.46. The number of benzene rings is 1. The van der Waals surface area contributed by atoms with Gasteiger partial charge in [-0.15, -0.1) is 0 Å². The highest BCUT2D eigenvalue weighted by molar-refractivity contribution is 6.35. The molecule has 1 aromatic heterocycles. The molecule has 0 aliphatic heterocycles. The van der Waals surface area contributed by atoms with E-state index >= 15 is 0 Å². The molecular weight excluding hydrogens is 294 g/mol. The zero-order valence-corrected chi connectivity index (χ0v) is 12.6. The first-order chi connectivity index (χ1) is 10.0. The number of hydrogen-bond donors (Lipinski definition) is 1. The van der Waals surface area contributed by atoms with Crippen LogP contribution in [0.25, 0.3) is 10.9 Å². The quantitative estimate of drug-likeness (QED) is 0.862. The van der Waals surface area contributed by atoms with Crippen LogP contribution in [0.4, 0.5) is 0 Å². The Bertz CT molecular complexity index is 665. The van der Waals surface area contributed by atoms with Crippen molar-refractivity contribution in [1.29, 1.82) is 0 Å². The summed E-state index contributed by atoms with van der Waals surface area (Å²) in [5.41, 5.74) is 1.58. The van der Waals surface area contributed by atoms with E-state index in [2.05, 4.69) is 4.98 Å². The lowest BCUT2D eigenvalue weighted by Crippen LogP contribution is -2.27. The monoisotopic (exact) mass is 309 g/mol. The standard InChI is InChI=1S/C15H16ClNO4/c1-3-20-15(19)9(2)21-13(18)7-10-8-17-12-6-4-5-11(16)14(10)12/h4-6,8-9,17H,3,7H2,1-2H3/t9-/m0/s1. The van der Waals surface area contributed by atoms with Crippen LogP contribution in [0.15, 0.2) is 24.4 Å². The summed E-state index contributed by atoms with van der Waals surface area (Å²) in [6.45, 7) is 3.43. The van der Waals surface area contributed by atoms with E-state index in [1.165, 1.54) is 6.92 Å². The lowest BCUT2D eigenvalue weighted by Gasteiger charge is -2.11. The van der Waals surface area contributed by atoms with Crippen molar-refractivity contribution >= 4 is 34.4 Å². The number of nitrogens with one attached hydrogen (secondary N) is 1. The summed E-state index contributed by atoms with van der Waals surface area (Å²) in [7, 11) is 0. The molecule has 0 aliphatic rings. The Hall–Kier alpha value is -2.01. The van der Waals surface area contributed by atoms with Gasteiger partial charge in [-0.05, 0) is 31.5 Å². The molecule has 0 unspecified atom stereocenters. The molecule has 0 aliphatic carbocycles. The molecule has 0 radical (unpaired) electrons. The normalized spacial score (nSPS) is 12.1. The smallest absolute Gasteiger partial charge is 0.347 e. The van der Waals surface area contributed by atoms with Crippen molar-refractivity contribution in [3.8, 4) is 0 Å². The zero-order chi connectivity index (χ0) is 15.4. The predicted molar refractivity (Wildman–Crippen MR) is 79.2 cm³/mol. The minimum Gasteiger partial charge on any atom is -0.463 e. The van der Waals surface area contributed by atoms with Crippen molar-refractivity contribution < 1.29 is 19.1 Å². The zero-order valence-electron chi connectivity index (χ0n) is 11.8. The first kappa shape index (κ1) is 15.4. The second-order valence-electron chi connectivity index (χ2n) is 4.54. The van der Waals surface area contributed by atoms with E-state index in [4.69, 9.17) is 21.1 Å². The van der Waals surface area contributed by atoms with Crippen LogP contribution in [0.2, 0.25) is 5.02 Å². The molecular formula is C15H16ClNO4. The summed E-state index contributed by atoms with van der Waals surface area (Å²) < 4.78 is 9.84. The van der Waals surface area contributed by atoms with E-state index in [-0.39, 0.29) is 13.0 Å². The minimum absolute atomic E-state index is 0.0352. The number of rotatable bonds is 5. The van der Waals surface area contributed by atoms with Crippen molar-refractivity contribution in [3.63, 3.8) is 0 Å². The maximum atomic E-state index is 11.9. The van der Waals surface area contributed by atoms with Crippen LogP contribution in [0, 0.1) is 0 Å². The van der Waals surface area contributed by atoms with Crippen molar-refractivity contribution in [2.24, 2.45) is 0 Å². The molecule has 2 rings (SSSR count). The number of esters is 2. The van der Waals surface area contributed by atoms with Crippen molar-refractivity contribution in [1.82, 2.24) is 4.98 Å². The third kappa shape index (κ3) is 3.55. The number of H-pyrrole nitrogens is 1. The number of hydrogen-bond acceptors (Lipinski definition) is 4. The number of halogens is 1. The number of ether oxygens (including phenoxy) is 2. The average Bonchev–Trinajstić information content (AvgIpc) is 2.83. The maximum absolute atomic E-state index is 11.9. The molecule has 0 amide bonds. The van der Waals surface area contributed by atoms with Crippen LogP contribution in [0.1, 0.15) is 19.4 Å². The van der Waals surface area contributed by atoms with Gasteiger partial charge in [-0.2, -0.15) is 0 Å². The van der Waals surface area contributed by atoms with Gasteiger partial charge in [0.1, 0.15) is 0 Å². The summed E-state index contributed by atoms with van der Waals surface area (Å²) in [5, 5.41) is 1.36. The second kappa shape index (κ2) is 6.63. The molecule has 2 aromatic rings. The fraction of sp³-hybridized carbons (Fsp3) is 0.333. The van der Waals surface area contributed by atoms with Crippen LogP contribution in [0.3, 0.4) is 0 Å². The van der Waals surface area contributed by atoms with Gasteiger partial charge < -0.3 is 14.5 Å². The molecule has 112 valence electrons. The van der Waals surface area contributed by atoms with E-state index in [1.54, 1.807) is 19.2 Å². The van der Waals surface area contributed by atoms with E-state index in [1.807, 2.05) is 12.1 Å². The van der Waals surface area contributed by atoms with E-state index in [0.717, 1.165) is 16.5 Å². The van der Waals surface area contributed by atoms with Crippen molar-refractivity contribution in [2.75, 3.05) is 6.61 Å². The van der Waals surface area contributed by atoms with Crippen LogP contribution in [0.5, 0.6) is 0 Å². The highest BCUT2D eigenvalue weighted by Crippen LogP contribution is 2.27. The van der Waals surface area contributed by atoms with Gasteiger partial charge in [0, 0.05) is 17.1 Å². The van der Waals surface area contributed by atoms with E-state index < -0.39 is 18.0 Å². The molecule has 21 heavy (non-hydrogen) atoms. The second-order valence-corrected chi connectivity index (χ2v) is 4.94. The predicted octanol–water partition coefficient (Wildman–Crippen LogP) is 2.86. The third-order valence-electron chi connectivity index (χ3n) is 3.00. The molecule has 1 N–H and O–H groups in total. The van der Waals surface area contributed by atoms with Gasteiger partial charge in [-0.25, -0.2) is 4.79 Å². The van der Waals surface area contributed by atoms with Gasteiger partial charge in [-0.3, -0.25) is 4.79 Å². The average molecular weight is 310 g/mol. The summed E-state index contributed by atoms with van der Waals surface area (Å²) in [4.78, 5) is 26.4. The first-order valence-electron chi connectivity index (χ1n) is 6.63. The molecule has 1 heterocycles. The number of aromatic amines is 1. The van der Waals surface area contributed by atoms with Crippen molar-refractivity contribution in [2.45, 2.75) is 26.4 Å². The van der Waals surface area contributed by atoms with E-state index in [9.17, 15) is 9.59 Å². The number of carbonyl (C=O) groups is 2. The molecule has 1 aromatic carbocycles. The Morgan fingerprint density at radius 2 is 2.14 bits per heavy atom. The molecule has 0 bridgehead atoms. The lowest BCUT2D eigenvalue weighted by atomic mass is 10.1. The number of fused-ring (bicyclic) bond motifs is 1. The van der Waals surface area contributed by atoms with Crippen LogP contribution in [-0.4, -0.2) is 29.6 Å². The Kier molecular flexibility index (Phi) is 4.85. The molecule has 0 saturated heterocycles. The fourth-order valence-electron chi connectivity index (χ4n) is 2.05. The molecule has 5 nitrogen and oxygen atoms in total. The summed E-state index contributed by atoms with van der Waals surface area (Å²) >= 11 is 6.14. The molecule has 6 heteroatoms. The SMILES string of the molecule is CCOC(=O)[C@H](C)OC(=O)Cc1c[nH]c2cccc(Cl)c12. The fourth-order valence-corrected chi connectivity index (χ4v) is 2.35. The lowest BCUT2D eigenvalue weighted by molar-refractivity contribution is -0.165. The van der Waals surface area contributed by atoms with Gasteiger partial charge in [0.15, 0.2) is 6.10 Å². The number of carbonyl (C=O) groups excluding carboxylic acids is 2. The summed E-state index contributed by atoms with van der Waals surface area (Å²) in [5.74, 6) is -1.06. The maximum Gasteiger partial charge on any atom is 0.347 e. The topological polar surface area (TPSA) is 68.4 Å². The van der Waals surface area contributed by atoms with E-state index in [0.29, 0.717) is 5.02 Å². The first-order valence-corrected chi connectivity index (χ1v) is 7.01. The largest absolute Gasteiger partial charge is 0.463 e. The Balaban J connectivity index is 2.07. The Morgan fingerprint density at radius 1 is 1.38 bits per heavy atom. The van der Waals surface area contributed by atoms with Gasteiger partial charge in [-0.1, -0.05) is 17.7 Å². The molecule has 0 fully saturated rings. The highest BCUT2D eigenvalue weighted by atomic mass is 35.5. The van der Waals surface area contributed by atoms with Gasteiger partial charge in [0.25, 0.3) is 0 Å². The van der Waals surface area contributed by atoms with Crippen LogP contribution < -0.4 is 0 Å². The number of aromatic nitrogens is 1.